The van der Waals surface area contributed by atoms with Crippen molar-refractivity contribution in [1.29, 1.82) is 0 Å². The molecule has 1 rings (SSSR count). The van der Waals surface area contributed by atoms with E-state index in [9.17, 15) is 0 Å². The first-order valence-corrected chi connectivity index (χ1v) is 4.74. The molecule has 0 aliphatic rings. The molecule has 0 saturated heterocycles. The second-order valence-corrected chi connectivity index (χ2v) is 4.38. The van der Waals surface area contributed by atoms with Crippen molar-refractivity contribution in [2.75, 3.05) is 13.7 Å². The molecule has 0 atom stereocenters. The van der Waals surface area contributed by atoms with Gasteiger partial charge in [0.2, 0.25) is 0 Å². The molecule has 0 aromatic carbocycles. The number of hydrogen-bond acceptors (Lipinski definition) is 5. The van der Waals surface area contributed by atoms with Gasteiger partial charge in [-0.3, -0.25) is 0 Å². The molecular formula is C8H14N2O2S. The molecular weight excluding hydrogens is 188 g/mol. The van der Waals surface area contributed by atoms with Gasteiger partial charge in [0.15, 0.2) is 0 Å². The maximum atomic E-state index is 5.04. The number of thiazole rings is 1. The topological polar surface area (TPSA) is 57.4 Å². The van der Waals surface area contributed by atoms with E-state index >= 15 is 0 Å². The van der Waals surface area contributed by atoms with E-state index in [4.69, 9.17) is 10.6 Å². The summed E-state index contributed by atoms with van der Waals surface area (Å²) in [6.45, 7) is 4.57. The summed E-state index contributed by atoms with van der Waals surface area (Å²) in [5, 5.41) is 0.667. The smallest absolute Gasteiger partial charge is 0.273 e. The van der Waals surface area contributed by atoms with E-state index in [2.05, 4.69) is 9.82 Å². The van der Waals surface area contributed by atoms with Gasteiger partial charge in [0.25, 0.3) is 5.19 Å². The van der Waals surface area contributed by atoms with E-state index in [0.717, 1.165) is 4.88 Å². The van der Waals surface area contributed by atoms with E-state index in [1.807, 2.05) is 13.8 Å². The molecule has 5 heteroatoms. The molecule has 0 spiro atoms. The van der Waals surface area contributed by atoms with Gasteiger partial charge in [0.1, 0.15) is 0 Å². The van der Waals surface area contributed by atoms with Gasteiger partial charge in [0.05, 0.1) is 13.7 Å². The Balaban J connectivity index is 2.80. The minimum Gasteiger partial charge on any atom is -0.473 e. The molecule has 2 N–H and O–H groups in total. The summed E-state index contributed by atoms with van der Waals surface area (Å²) in [6, 6.07) is 0. The Bertz CT molecular complexity index is 273. The Kier molecular flexibility index (Phi) is 3.24. The fourth-order valence-electron chi connectivity index (χ4n) is 0.945. The van der Waals surface area contributed by atoms with E-state index in [1.54, 1.807) is 13.3 Å². The highest BCUT2D eigenvalue weighted by Crippen LogP contribution is 2.31. The van der Waals surface area contributed by atoms with Crippen LogP contribution in [0.25, 0.3) is 0 Å². The van der Waals surface area contributed by atoms with Crippen molar-refractivity contribution in [3.8, 4) is 5.19 Å². The first-order chi connectivity index (χ1) is 6.10. The lowest BCUT2D eigenvalue weighted by atomic mass is 9.94. The highest BCUT2D eigenvalue weighted by Gasteiger charge is 2.23. The zero-order valence-corrected chi connectivity index (χ0v) is 8.85. The SMILES string of the molecule is COc1ncc(C(C)(C)CON)s1. The minimum absolute atomic E-state index is 0.108. The van der Waals surface area contributed by atoms with E-state index < -0.39 is 0 Å². The van der Waals surface area contributed by atoms with Crippen LogP contribution in [0.1, 0.15) is 18.7 Å². The van der Waals surface area contributed by atoms with Crippen LogP contribution < -0.4 is 10.6 Å². The molecule has 0 unspecified atom stereocenters. The number of nitrogens with two attached hydrogens (primary N) is 1. The van der Waals surface area contributed by atoms with Crippen LogP contribution in [0.3, 0.4) is 0 Å². The van der Waals surface area contributed by atoms with Crippen molar-refractivity contribution in [2.45, 2.75) is 19.3 Å². The van der Waals surface area contributed by atoms with Gasteiger partial charge in [-0.2, -0.15) is 0 Å². The lowest BCUT2D eigenvalue weighted by molar-refractivity contribution is 0.0976. The molecule has 0 aliphatic heterocycles. The number of nitrogens with zero attached hydrogens (tertiary/aromatic N) is 1. The van der Waals surface area contributed by atoms with Crippen LogP contribution >= 0.6 is 11.3 Å². The van der Waals surface area contributed by atoms with Crippen LogP contribution in [-0.2, 0) is 10.3 Å². The van der Waals surface area contributed by atoms with Crippen molar-refractivity contribution in [2.24, 2.45) is 5.90 Å². The molecule has 0 fully saturated rings. The third kappa shape index (κ3) is 2.40. The second kappa shape index (κ2) is 4.04. The van der Waals surface area contributed by atoms with Crippen LogP contribution in [0, 0.1) is 0 Å². The second-order valence-electron chi connectivity index (χ2n) is 3.39. The Morgan fingerprint density at radius 2 is 2.31 bits per heavy atom. The quantitative estimate of drug-likeness (QED) is 0.748. The summed E-state index contributed by atoms with van der Waals surface area (Å²) < 4.78 is 5.00. The van der Waals surface area contributed by atoms with Crippen LogP contribution in [0.4, 0.5) is 0 Å². The number of methoxy groups -OCH3 is 1. The number of rotatable bonds is 4. The van der Waals surface area contributed by atoms with Crippen LogP contribution in [0.5, 0.6) is 5.19 Å². The van der Waals surface area contributed by atoms with Crippen LogP contribution in [0.2, 0.25) is 0 Å². The van der Waals surface area contributed by atoms with Crippen LogP contribution in [0.15, 0.2) is 6.20 Å². The third-order valence-corrected chi connectivity index (χ3v) is 3.09. The fraction of sp³-hybridized carbons (Fsp3) is 0.625. The maximum absolute atomic E-state index is 5.04. The fourth-order valence-corrected chi connectivity index (χ4v) is 1.76. The molecule has 4 nitrogen and oxygen atoms in total. The first kappa shape index (κ1) is 10.4. The Morgan fingerprint density at radius 3 is 2.77 bits per heavy atom. The van der Waals surface area contributed by atoms with Crippen molar-refractivity contribution in [1.82, 2.24) is 4.98 Å². The van der Waals surface area contributed by atoms with Crippen molar-refractivity contribution < 1.29 is 9.57 Å². The van der Waals surface area contributed by atoms with Crippen molar-refractivity contribution in [3.05, 3.63) is 11.1 Å². The summed E-state index contributed by atoms with van der Waals surface area (Å²) in [6.07, 6.45) is 1.79. The third-order valence-electron chi connectivity index (χ3n) is 1.77. The molecule has 13 heavy (non-hydrogen) atoms. The summed E-state index contributed by atoms with van der Waals surface area (Å²) >= 11 is 1.51. The van der Waals surface area contributed by atoms with E-state index in [0.29, 0.717) is 11.8 Å². The van der Waals surface area contributed by atoms with Crippen molar-refractivity contribution >= 4 is 11.3 Å². The largest absolute Gasteiger partial charge is 0.473 e. The standard InChI is InChI=1S/C8H14N2O2S/c1-8(2,5-12-9)6-4-10-7(11-3)13-6/h4H,5,9H2,1-3H3. The summed E-state index contributed by atoms with van der Waals surface area (Å²) in [7, 11) is 1.61. The molecule has 0 radical (unpaired) electrons. The average molecular weight is 202 g/mol. The van der Waals surface area contributed by atoms with Gasteiger partial charge < -0.3 is 9.57 Å². The first-order valence-electron chi connectivity index (χ1n) is 3.92. The molecule has 0 amide bonds. The lowest BCUT2D eigenvalue weighted by Gasteiger charge is -2.20. The molecule has 0 saturated carbocycles. The van der Waals surface area contributed by atoms with Gasteiger partial charge in [0, 0.05) is 16.5 Å². The van der Waals surface area contributed by atoms with Gasteiger partial charge in [-0.05, 0) is 0 Å². The molecule has 1 aromatic heterocycles. The Hall–Kier alpha value is -0.650. The van der Waals surface area contributed by atoms with Crippen LogP contribution in [-0.4, -0.2) is 18.7 Å². The molecule has 0 aliphatic carbocycles. The molecule has 1 aromatic rings. The lowest BCUT2D eigenvalue weighted by Crippen LogP contribution is -2.25. The minimum atomic E-state index is -0.108. The maximum Gasteiger partial charge on any atom is 0.273 e. The zero-order valence-electron chi connectivity index (χ0n) is 8.03. The Morgan fingerprint density at radius 1 is 1.62 bits per heavy atom. The Labute approximate surface area is 81.6 Å². The zero-order chi connectivity index (χ0) is 9.90. The predicted molar refractivity (Wildman–Crippen MR) is 51.8 cm³/mol. The van der Waals surface area contributed by atoms with E-state index in [1.165, 1.54) is 11.3 Å². The molecule has 0 bridgehead atoms. The van der Waals surface area contributed by atoms with Gasteiger partial charge in [-0.1, -0.05) is 25.2 Å². The highest BCUT2D eigenvalue weighted by atomic mass is 32.1. The van der Waals surface area contributed by atoms with Crippen molar-refractivity contribution in [3.63, 3.8) is 0 Å². The van der Waals surface area contributed by atoms with Gasteiger partial charge in [-0.15, -0.1) is 0 Å². The summed E-state index contributed by atoms with van der Waals surface area (Å²) in [5.41, 5.74) is -0.108. The number of hydrogen-bond donors (Lipinski definition) is 1. The van der Waals surface area contributed by atoms with Gasteiger partial charge >= 0.3 is 0 Å². The molecule has 1 heterocycles. The highest BCUT2D eigenvalue weighted by molar-refractivity contribution is 7.13. The number of aromatic nitrogens is 1. The monoisotopic (exact) mass is 202 g/mol. The molecule has 74 valence electrons. The van der Waals surface area contributed by atoms with Gasteiger partial charge in [-0.25, -0.2) is 10.9 Å². The predicted octanol–water partition coefficient (Wildman–Crippen LogP) is 1.32. The normalized spacial score (nSPS) is 11.7. The number of ether oxygens (including phenoxy) is 1. The van der Waals surface area contributed by atoms with E-state index in [-0.39, 0.29) is 5.41 Å². The summed E-state index contributed by atoms with van der Waals surface area (Å²) in [4.78, 5) is 9.83. The summed E-state index contributed by atoms with van der Waals surface area (Å²) in [5.74, 6) is 5.04. The average Bonchev–Trinajstić information content (AvgIpc) is 2.52.